The molecule has 36 heavy (non-hydrogen) atoms. The number of alkyl carbamates (subject to hydrolysis) is 1. The van der Waals surface area contributed by atoms with Crippen LogP contribution in [0.25, 0.3) is 0 Å². The molecule has 194 valence electrons. The molecule has 7 nitrogen and oxygen atoms in total. The minimum absolute atomic E-state index is 0.00724. The van der Waals surface area contributed by atoms with E-state index in [9.17, 15) is 14.4 Å². The maximum Gasteiger partial charge on any atom is 0.408 e. The number of amides is 3. The zero-order valence-electron chi connectivity index (χ0n) is 22.1. The number of carbonyl (C=O) groups is 3. The molecule has 0 aliphatic heterocycles. The molecule has 1 aliphatic rings. The van der Waals surface area contributed by atoms with Crippen LogP contribution in [0.1, 0.15) is 90.3 Å². The molecule has 0 heterocycles. The first kappa shape index (κ1) is 28.8. The lowest BCUT2D eigenvalue weighted by Crippen LogP contribution is -2.52. The average Bonchev–Trinajstić information content (AvgIpc) is 2.80. The Bertz CT molecular complexity index is 1010. The maximum absolute atomic E-state index is 13.8. The highest BCUT2D eigenvalue weighted by atomic mass is 16.6. The van der Waals surface area contributed by atoms with Crippen molar-refractivity contribution < 1.29 is 19.1 Å². The predicted octanol–water partition coefficient (Wildman–Crippen LogP) is 4.52. The maximum atomic E-state index is 13.8. The van der Waals surface area contributed by atoms with Crippen molar-refractivity contribution in [3.63, 3.8) is 0 Å². The molecule has 7 heteroatoms. The molecule has 1 aliphatic carbocycles. The van der Waals surface area contributed by atoms with Gasteiger partial charge in [-0.3, -0.25) is 14.5 Å². The van der Waals surface area contributed by atoms with Gasteiger partial charge in [0.15, 0.2) is 0 Å². The largest absolute Gasteiger partial charge is 0.444 e. The summed E-state index contributed by atoms with van der Waals surface area (Å²) in [7, 11) is 0. The van der Waals surface area contributed by atoms with Gasteiger partial charge in [0.05, 0.1) is 0 Å². The summed E-state index contributed by atoms with van der Waals surface area (Å²) < 4.78 is 5.36. The van der Waals surface area contributed by atoms with Crippen molar-refractivity contribution in [3.05, 3.63) is 35.4 Å². The van der Waals surface area contributed by atoms with Crippen molar-refractivity contribution >= 4 is 17.9 Å². The van der Waals surface area contributed by atoms with E-state index in [0.717, 1.165) is 37.0 Å². The minimum Gasteiger partial charge on any atom is -0.444 e. The molecule has 2 unspecified atom stereocenters. The van der Waals surface area contributed by atoms with Crippen molar-refractivity contribution in [2.24, 2.45) is 5.92 Å². The second-order valence-electron chi connectivity index (χ2n) is 10.6. The highest BCUT2D eigenvalue weighted by Crippen LogP contribution is 2.27. The monoisotopic (exact) mass is 493 g/mol. The number of rotatable bonds is 8. The topological polar surface area (TPSA) is 87.7 Å². The van der Waals surface area contributed by atoms with Gasteiger partial charge in [0.2, 0.25) is 5.91 Å². The number of carbonyl (C=O) groups excluding carboxylic acids is 3. The van der Waals surface area contributed by atoms with Gasteiger partial charge in [-0.15, -0.1) is 6.42 Å². The van der Waals surface area contributed by atoms with Crippen LogP contribution in [0.2, 0.25) is 0 Å². The van der Waals surface area contributed by atoms with E-state index in [1.54, 1.807) is 45.0 Å². The van der Waals surface area contributed by atoms with Gasteiger partial charge in [-0.2, -0.15) is 0 Å². The first-order chi connectivity index (χ1) is 17.0. The van der Waals surface area contributed by atoms with E-state index in [-0.39, 0.29) is 12.0 Å². The van der Waals surface area contributed by atoms with Gasteiger partial charge >= 0.3 is 6.09 Å². The lowest BCUT2D eigenvalue weighted by molar-refractivity contribution is -0.139. The molecule has 0 saturated heterocycles. The molecule has 2 atom stereocenters. The number of benzene rings is 1. The number of hydrogen-bond acceptors (Lipinski definition) is 4. The van der Waals surface area contributed by atoms with Crippen LogP contribution < -0.4 is 10.6 Å². The lowest BCUT2D eigenvalue weighted by atomic mass is 9.93. The van der Waals surface area contributed by atoms with Crippen molar-refractivity contribution in [2.45, 2.75) is 96.9 Å². The zero-order valence-corrected chi connectivity index (χ0v) is 22.1. The molecule has 0 bridgehead atoms. The normalized spacial score (nSPS) is 15.7. The van der Waals surface area contributed by atoms with Crippen LogP contribution in [-0.4, -0.2) is 40.5 Å². The van der Waals surface area contributed by atoms with E-state index in [1.165, 1.54) is 0 Å². The Morgan fingerprint density at radius 2 is 1.75 bits per heavy atom. The molecule has 1 fully saturated rings. The Hall–Kier alpha value is -3.45. The predicted molar refractivity (Wildman–Crippen MR) is 140 cm³/mol. The van der Waals surface area contributed by atoms with Gasteiger partial charge in [-0.1, -0.05) is 63.7 Å². The fraction of sp³-hybridized carbons (Fsp3) is 0.552. The molecule has 2 rings (SSSR count). The zero-order chi connectivity index (χ0) is 26.9. The molecule has 3 amide bonds. The Balaban J connectivity index is 2.44. The van der Waals surface area contributed by atoms with Gasteiger partial charge in [-0.25, -0.2) is 4.79 Å². The van der Waals surface area contributed by atoms with Crippen molar-refractivity contribution in [3.8, 4) is 24.8 Å². The molecular formula is C29H39N3O4. The fourth-order valence-electron chi connectivity index (χ4n) is 4.37. The lowest BCUT2D eigenvalue weighted by Gasteiger charge is -2.33. The number of nitrogens with zero attached hydrogens (tertiary/aromatic N) is 1. The molecule has 0 aromatic heterocycles. The first-order valence-corrected chi connectivity index (χ1v) is 12.6. The van der Waals surface area contributed by atoms with Crippen molar-refractivity contribution in [1.82, 2.24) is 15.5 Å². The SMILES string of the molecule is C#Cc1ccccc1C(C(=O)NC1CCCCC1)N(C#C)C(=O)C(CC(C)C)NC(=O)OC(C)(C)C. The van der Waals surface area contributed by atoms with Crippen LogP contribution in [0.4, 0.5) is 4.79 Å². The highest BCUT2D eigenvalue weighted by molar-refractivity contribution is 5.93. The molecule has 1 aromatic carbocycles. The van der Waals surface area contributed by atoms with Gasteiger partial charge in [0.1, 0.15) is 17.7 Å². The van der Waals surface area contributed by atoms with E-state index >= 15 is 0 Å². The third kappa shape index (κ3) is 8.34. The molecule has 2 N–H and O–H groups in total. The van der Waals surface area contributed by atoms with E-state index in [2.05, 4.69) is 22.6 Å². The van der Waals surface area contributed by atoms with Gasteiger partial charge < -0.3 is 15.4 Å². The van der Waals surface area contributed by atoms with Crippen molar-refractivity contribution in [1.29, 1.82) is 0 Å². The van der Waals surface area contributed by atoms with E-state index in [4.69, 9.17) is 17.6 Å². The van der Waals surface area contributed by atoms with E-state index in [1.807, 2.05) is 13.8 Å². The van der Waals surface area contributed by atoms with Crippen LogP contribution in [0.3, 0.4) is 0 Å². The van der Waals surface area contributed by atoms with Gasteiger partial charge in [0.25, 0.3) is 5.91 Å². The third-order valence-corrected chi connectivity index (χ3v) is 5.94. The molecule has 1 saturated carbocycles. The smallest absolute Gasteiger partial charge is 0.408 e. The van der Waals surface area contributed by atoms with Crippen LogP contribution in [0, 0.1) is 30.7 Å². The summed E-state index contributed by atoms with van der Waals surface area (Å²) in [6, 6.07) is 7.21. The highest BCUT2D eigenvalue weighted by Gasteiger charge is 2.37. The van der Waals surface area contributed by atoms with Crippen molar-refractivity contribution in [2.75, 3.05) is 0 Å². The van der Waals surface area contributed by atoms with Crippen LogP contribution in [0.5, 0.6) is 0 Å². The molecule has 1 aromatic rings. The van der Waals surface area contributed by atoms with Crippen LogP contribution in [-0.2, 0) is 14.3 Å². The quantitative estimate of drug-likeness (QED) is 0.412. The Morgan fingerprint density at radius 3 is 2.31 bits per heavy atom. The van der Waals surface area contributed by atoms with Gasteiger partial charge in [-0.05, 0) is 52.0 Å². The summed E-state index contributed by atoms with van der Waals surface area (Å²) in [5.41, 5.74) is 0.185. The van der Waals surface area contributed by atoms with E-state index < -0.39 is 35.6 Å². The van der Waals surface area contributed by atoms with Crippen LogP contribution >= 0.6 is 0 Å². The van der Waals surface area contributed by atoms with Gasteiger partial charge in [0, 0.05) is 23.2 Å². The first-order valence-electron chi connectivity index (χ1n) is 12.6. The number of ether oxygens (including phenoxy) is 1. The molecule has 0 spiro atoms. The number of nitrogens with one attached hydrogen (secondary N) is 2. The summed E-state index contributed by atoms with van der Waals surface area (Å²) >= 11 is 0. The summed E-state index contributed by atoms with van der Waals surface area (Å²) in [5, 5.41) is 5.74. The average molecular weight is 494 g/mol. The Morgan fingerprint density at radius 1 is 1.11 bits per heavy atom. The summed E-state index contributed by atoms with van der Waals surface area (Å²) in [6.45, 7) is 9.07. The second-order valence-corrected chi connectivity index (χ2v) is 10.6. The molecular weight excluding hydrogens is 454 g/mol. The fourth-order valence-corrected chi connectivity index (χ4v) is 4.37. The Kier molecular flexibility index (Phi) is 10.4. The third-order valence-electron chi connectivity index (χ3n) is 5.94. The number of hydrogen-bond donors (Lipinski definition) is 2. The number of terminal acetylenes is 2. The summed E-state index contributed by atoms with van der Waals surface area (Å²) in [6.07, 6.45) is 16.1. The van der Waals surface area contributed by atoms with Crippen LogP contribution in [0.15, 0.2) is 24.3 Å². The minimum atomic E-state index is -1.15. The molecule has 0 radical (unpaired) electrons. The van der Waals surface area contributed by atoms with E-state index in [0.29, 0.717) is 17.5 Å². The second kappa shape index (κ2) is 13.0. The summed E-state index contributed by atoms with van der Waals surface area (Å²) in [5.74, 6) is 1.68. The summed E-state index contributed by atoms with van der Waals surface area (Å²) in [4.78, 5) is 41.1. The Labute approximate surface area is 215 Å². The standard InChI is InChI=1S/C29H39N3O4/c1-8-21-15-13-14-18-23(21)25(26(33)30-22-16-11-10-12-17-22)32(9-2)27(34)24(19-20(3)4)31-28(35)36-29(5,6)7/h1-2,13-15,18,20,22,24-25H,10-12,16-17,19H2,3-7H3,(H,30,33)(H,31,35).